The molecule has 0 aromatic rings. The molecule has 2 amide bonds. The summed E-state index contributed by atoms with van der Waals surface area (Å²) in [7, 11) is 0. The maximum absolute atomic E-state index is 11.1. The van der Waals surface area contributed by atoms with E-state index in [-0.39, 0.29) is 35.9 Å². The summed E-state index contributed by atoms with van der Waals surface area (Å²) >= 11 is 0. The molecule has 0 saturated heterocycles. The summed E-state index contributed by atoms with van der Waals surface area (Å²) < 4.78 is 11.6. The molecule has 6 nitrogen and oxygen atoms in total. The molecule has 138 valence electrons. The van der Waals surface area contributed by atoms with Crippen LogP contribution in [0.4, 0.5) is 0 Å². The summed E-state index contributed by atoms with van der Waals surface area (Å²) in [5.74, 6) is 0.0569. The summed E-state index contributed by atoms with van der Waals surface area (Å²) in [5.41, 5.74) is 0. The van der Waals surface area contributed by atoms with Crippen LogP contribution in [0.3, 0.4) is 0 Å². The van der Waals surface area contributed by atoms with Crippen LogP contribution in [0.15, 0.2) is 25.3 Å². The van der Waals surface area contributed by atoms with E-state index in [0.717, 1.165) is 0 Å². The van der Waals surface area contributed by atoms with E-state index in [2.05, 4.69) is 23.8 Å². The van der Waals surface area contributed by atoms with Gasteiger partial charge in [-0.3, -0.25) is 9.59 Å². The number of hydrogen-bond acceptors (Lipinski definition) is 4. The summed E-state index contributed by atoms with van der Waals surface area (Å²) in [4.78, 5) is 22.2. The van der Waals surface area contributed by atoms with Gasteiger partial charge in [0.05, 0.1) is 25.4 Å². The van der Waals surface area contributed by atoms with Gasteiger partial charge in [0.2, 0.25) is 11.8 Å². The molecule has 0 rings (SSSR count). The van der Waals surface area contributed by atoms with Gasteiger partial charge in [0.25, 0.3) is 0 Å². The van der Waals surface area contributed by atoms with E-state index in [1.807, 2.05) is 27.7 Å². The highest BCUT2D eigenvalue weighted by molar-refractivity contribution is 5.87. The van der Waals surface area contributed by atoms with Gasteiger partial charge >= 0.3 is 0 Å². The summed E-state index contributed by atoms with van der Waals surface area (Å²) in [6, 6.07) is 0. The highest BCUT2D eigenvalue weighted by Gasteiger charge is 2.16. The van der Waals surface area contributed by atoms with E-state index in [9.17, 15) is 9.59 Å². The van der Waals surface area contributed by atoms with Gasteiger partial charge in [0.1, 0.15) is 0 Å². The van der Waals surface area contributed by atoms with Gasteiger partial charge in [-0.2, -0.15) is 0 Å². The average Bonchev–Trinajstić information content (AvgIpc) is 2.59. The fourth-order valence-electron chi connectivity index (χ4n) is 1.71. The molecule has 0 aromatic carbocycles. The molecule has 0 aromatic heterocycles. The molecule has 0 saturated carbocycles. The second kappa shape index (κ2) is 12.7. The number of amides is 2. The lowest BCUT2D eigenvalue weighted by molar-refractivity contribution is -0.118. The smallest absolute Gasteiger partial charge is 0.243 e. The third-order valence-corrected chi connectivity index (χ3v) is 3.57. The minimum absolute atomic E-state index is 0.0578. The van der Waals surface area contributed by atoms with E-state index >= 15 is 0 Å². The predicted octanol–water partition coefficient (Wildman–Crippen LogP) is 1.67. The van der Waals surface area contributed by atoms with Gasteiger partial charge in [-0.15, -0.1) is 0 Å². The maximum Gasteiger partial charge on any atom is 0.243 e. The van der Waals surface area contributed by atoms with Crippen LogP contribution in [0, 0.1) is 11.8 Å². The predicted molar refractivity (Wildman–Crippen MR) is 95.6 cm³/mol. The first-order valence-corrected chi connectivity index (χ1v) is 8.33. The monoisotopic (exact) mass is 340 g/mol. The number of carbonyl (C=O) groups is 2. The Morgan fingerprint density at radius 2 is 1.17 bits per heavy atom. The quantitative estimate of drug-likeness (QED) is 0.500. The molecule has 0 radical (unpaired) electrons. The van der Waals surface area contributed by atoms with E-state index in [0.29, 0.717) is 26.3 Å². The van der Waals surface area contributed by atoms with Crippen molar-refractivity contribution in [2.45, 2.75) is 39.9 Å². The van der Waals surface area contributed by atoms with Gasteiger partial charge in [0, 0.05) is 13.1 Å². The second-order valence-electron chi connectivity index (χ2n) is 6.19. The van der Waals surface area contributed by atoms with E-state index in [1.54, 1.807) is 0 Å². The molecule has 0 aliphatic heterocycles. The third kappa shape index (κ3) is 11.0. The Balaban J connectivity index is 3.91. The van der Waals surface area contributed by atoms with Crippen LogP contribution in [0.1, 0.15) is 27.7 Å². The lowest BCUT2D eigenvalue weighted by atomic mass is 10.2. The van der Waals surface area contributed by atoms with Crippen molar-refractivity contribution in [3.8, 4) is 0 Å². The number of ether oxygens (including phenoxy) is 2. The lowest BCUT2D eigenvalue weighted by Gasteiger charge is -2.24. The first-order chi connectivity index (χ1) is 11.3. The van der Waals surface area contributed by atoms with Crippen molar-refractivity contribution in [2.75, 3.05) is 26.3 Å². The minimum atomic E-state index is -0.177. The molecule has 0 heterocycles. The second-order valence-corrected chi connectivity index (χ2v) is 6.19. The van der Waals surface area contributed by atoms with Crippen LogP contribution in [0.2, 0.25) is 0 Å². The number of nitrogens with one attached hydrogen (secondary N) is 2. The van der Waals surface area contributed by atoms with Crippen molar-refractivity contribution < 1.29 is 19.1 Å². The standard InChI is InChI=1S/C18H32N2O4/c1-7-17(21)19-9-13(3)11-23-15(5)16(6)24-12-14(4)10-20-18(22)8-2/h7-8,13-16H,1-2,9-12H2,3-6H3,(H,19,21)(H,20,22). The topological polar surface area (TPSA) is 76.7 Å². The highest BCUT2D eigenvalue weighted by Crippen LogP contribution is 2.08. The Kier molecular flexibility index (Phi) is 11.8. The Morgan fingerprint density at radius 3 is 1.46 bits per heavy atom. The van der Waals surface area contributed by atoms with Crippen molar-refractivity contribution in [1.82, 2.24) is 10.6 Å². The summed E-state index contributed by atoms with van der Waals surface area (Å²) in [5, 5.41) is 5.49. The SMILES string of the molecule is C=CC(=O)NCC(C)COC(C)C(C)OCC(C)CNC(=O)C=C. The largest absolute Gasteiger partial charge is 0.375 e. The molecule has 0 fully saturated rings. The fourth-order valence-corrected chi connectivity index (χ4v) is 1.71. The summed E-state index contributed by atoms with van der Waals surface area (Å²) in [6.07, 6.45) is 2.39. The van der Waals surface area contributed by atoms with Gasteiger partial charge in [-0.25, -0.2) is 0 Å². The Bertz CT molecular complexity index is 374. The van der Waals surface area contributed by atoms with Crippen LogP contribution in [-0.2, 0) is 19.1 Å². The first kappa shape index (κ1) is 22.3. The molecular formula is C18H32N2O4. The van der Waals surface area contributed by atoms with Gasteiger partial charge in [-0.1, -0.05) is 27.0 Å². The van der Waals surface area contributed by atoms with Crippen LogP contribution in [-0.4, -0.2) is 50.3 Å². The van der Waals surface area contributed by atoms with Crippen LogP contribution >= 0.6 is 0 Å². The van der Waals surface area contributed by atoms with E-state index in [4.69, 9.17) is 9.47 Å². The Hall–Kier alpha value is -1.66. The molecule has 0 spiro atoms. The van der Waals surface area contributed by atoms with Crippen molar-refractivity contribution >= 4 is 11.8 Å². The molecule has 0 aliphatic carbocycles. The zero-order chi connectivity index (χ0) is 18.5. The van der Waals surface area contributed by atoms with E-state index in [1.165, 1.54) is 12.2 Å². The zero-order valence-electron chi connectivity index (χ0n) is 15.3. The number of rotatable bonds is 13. The minimum Gasteiger partial charge on any atom is -0.375 e. The summed E-state index contributed by atoms with van der Waals surface area (Å²) in [6.45, 7) is 16.9. The first-order valence-electron chi connectivity index (χ1n) is 8.33. The molecule has 4 unspecified atom stereocenters. The molecular weight excluding hydrogens is 308 g/mol. The van der Waals surface area contributed by atoms with E-state index < -0.39 is 0 Å². The molecule has 2 N–H and O–H groups in total. The van der Waals surface area contributed by atoms with Gasteiger partial charge < -0.3 is 20.1 Å². The number of hydrogen-bond donors (Lipinski definition) is 2. The fraction of sp³-hybridized carbons (Fsp3) is 0.667. The van der Waals surface area contributed by atoms with Crippen molar-refractivity contribution in [2.24, 2.45) is 11.8 Å². The number of carbonyl (C=O) groups excluding carboxylic acids is 2. The van der Waals surface area contributed by atoms with Gasteiger partial charge in [0.15, 0.2) is 0 Å². The van der Waals surface area contributed by atoms with Crippen molar-refractivity contribution in [1.29, 1.82) is 0 Å². The van der Waals surface area contributed by atoms with Crippen LogP contribution in [0.25, 0.3) is 0 Å². The molecule has 4 atom stereocenters. The van der Waals surface area contributed by atoms with Crippen LogP contribution in [0.5, 0.6) is 0 Å². The third-order valence-electron chi connectivity index (χ3n) is 3.57. The lowest BCUT2D eigenvalue weighted by Crippen LogP contribution is -2.34. The molecule has 0 aliphatic rings. The zero-order valence-corrected chi connectivity index (χ0v) is 15.3. The molecule has 6 heteroatoms. The Morgan fingerprint density at radius 1 is 0.833 bits per heavy atom. The average molecular weight is 340 g/mol. The molecule has 24 heavy (non-hydrogen) atoms. The Labute approximate surface area is 145 Å². The highest BCUT2D eigenvalue weighted by atomic mass is 16.5. The van der Waals surface area contributed by atoms with Gasteiger partial charge in [-0.05, 0) is 37.8 Å². The maximum atomic E-state index is 11.1. The van der Waals surface area contributed by atoms with Crippen molar-refractivity contribution in [3.05, 3.63) is 25.3 Å². The molecule has 0 bridgehead atoms. The normalized spacial score (nSPS) is 15.7. The van der Waals surface area contributed by atoms with Crippen molar-refractivity contribution in [3.63, 3.8) is 0 Å². The van der Waals surface area contributed by atoms with Crippen LogP contribution < -0.4 is 10.6 Å².